The first kappa shape index (κ1) is 13.6. The minimum atomic E-state index is -0.309. The van der Waals surface area contributed by atoms with Crippen molar-refractivity contribution in [2.24, 2.45) is 7.05 Å². The summed E-state index contributed by atoms with van der Waals surface area (Å²) in [6.07, 6.45) is 1.17. The summed E-state index contributed by atoms with van der Waals surface area (Å²) in [6.45, 7) is 5.53. The van der Waals surface area contributed by atoms with Crippen molar-refractivity contribution in [2.45, 2.75) is 20.1 Å². The number of fused-ring (bicyclic) bond motifs is 1. The van der Waals surface area contributed by atoms with E-state index in [0.29, 0.717) is 36.7 Å². The number of hydrogen-bond donors (Lipinski definition) is 1. The minimum absolute atomic E-state index is 0.309. The second-order valence-corrected chi connectivity index (χ2v) is 3.83. The molecule has 0 spiro atoms. The third-order valence-electron chi connectivity index (χ3n) is 2.53. The van der Waals surface area contributed by atoms with E-state index in [0.717, 1.165) is 0 Å². The Morgan fingerprint density at radius 2 is 2.00 bits per heavy atom. The highest BCUT2D eigenvalue weighted by atomic mass is 16.7. The molecule has 0 aliphatic heterocycles. The highest BCUT2D eigenvalue weighted by molar-refractivity contribution is 5.81. The maximum absolute atomic E-state index is 5.45. The van der Waals surface area contributed by atoms with Crippen LogP contribution in [0.3, 0.4) is 0 Å². The summed E-state index contributed by atoms with van der Waals surface area (Å²) >= 11 is 0. The minimum Gasteiger partial charge on any atom is -0.363 e. The van der Waals surface area contributed by atoms with Crippen LogP contribution < -0.4 is 5.32 Å². The maximum atomic E-state index is 5.45. The predicted molar refractivity (Wildman–Crippen MR) is 69.6 cm³/mol. The Labute approximate surface area is 111 Å². The summed E-state index contributed by atoms with van der Waals surface area (Å²) in [6, 6.07) is 0. The molecular formula is C11H18N6O2. The number of aromatic nitrogens is 5. The molecule has 104 valence electrons. The van der Waals surface area contributed by atoms with E-state index < -0.39 is 0 Å². The van der Waals surface area contributed by atoms with Gasteiger partial charge in [0.15, 0.2) is 23.3 Å². The molecule has 0 aliphatic carbocycles. The Bertz CT molecular complexity index is 523. The largest absolute Gasteiger partial charge is 0.363 e. The van der Waals surface area contributed by atoms with Gasteiger partial charge in [-0.15, -0.1) is 5.10 Å². The Hall–Kier alpha value is -1.80. The molecule has 0 atom stereocenters. The topological polar surface area (TPSA) is 87.0 Å². The van der Waals surface area contributed by atoms with E-state index in [1.807, 2.05) is 13.8 Å². The monoisotopic (exact) mass is 266 g/mol. The van der Waals surface area contributed by atoms with Crippen molar-refractivity contribution in [1.82, 2.24) is 25.0 Å². The summed E-state index contributed by atoms with van der Waals surface area (Å²) in [4.78, 5) is 8.29. The van der Waals surface area contributed by atoms with Gasteiger partial charge < -0.3 is 14.8 Å². The number of anilines is 1. The zero-order valence-corrected chi connectivity index (χ0v) is 11.3. The molecule has 0 saturated carbocycles. The van der Waals surface area contributed by atoms with E-state index in [2.05, 4.69) is 25.6 Å². The molecule has 0 amide bonds. The Balaban J connectivity index is 2.08. The highest BCUT2D eigenvalue weighted by Crippen LogP contribution is 2.15. The fourth-order valence-electron chi connectivity index (χ4n) is 1.70. The first-order valence-corrected chi connectivity index (χ1v) is 6.23. The van der Waals surface area contributed by atoms with Crippen LogP contribution >= 0.6 is 0 Å². The SMILES string of the molecule is CCOC(CNc1ncnc2c1nnn2C)OCC. The predicted octanol–water partition coefficient (Wildman–Crippen LogP) is 0.569. The molecule has 0 radical (unpaired) electrons. The number of nitrogens with one attached hydrogen (secondary N) is 1. The summed E-state index contributed by atoms with van der Waals surface area (Å²) in [5, 5.41) is 11.1. The molecule has 2 rings (SSSR count). The van der Waals surface area contributed by atoms with Crippen molar-refractivity contribution in [3.8, 4) is 0 Å². The van der Waals surface area contributed by atoms with Crippen molar-refractivity contribution in [3.63, 3.8) is 0 Å². The molecule has 0 saturated heterocycles. The molecule has 8 nitrogen and oxygen atoms in total. The number of ether oxygens (including phenoxy) is 2. The van der Waals surface area contributed by atoms with E-state index in [4.69, 9.17) is 9.47 Å². The molecule has 0 unspecified atom stereocenters. The van der Waals surface area contributed by atoms with Gasteiger partial charge in [0.25, 0.3) is 0 Å². The molecule has 0 aromatic carbocycles. The average Bonchev–Trinajstić information content (AvgIpc) is 2.79. The number of nitrogens with zero attached hydrogens (tertiary/aromatic N) is 5. The molecule has 19 heavy (non-hydrogen) atoms. The lowest BCUT2D eigenvalue weighted by atomic mass is 10.4. The summed E-state index contributed by atoms with van der Waals surface area (Å²) in [5.41, 5.74) is 1.32. The smallest absolute Gasteiger partial charge is 0.183 e. The lowest BCUT2D eigenvalue weighted by Crippen LogP contribution is -2.26. The van der Waals surface area contributed by atoms with Gasteiger partial charge in [-0.2, -0.15) is 0 Å². The van der Waals surface area contributed by atoms with Crippen molar-refractivity contribution in [1.29, 1.82) is 0 Å². The first-order valence-electron chi connectivity index (χ1n) is 6.23. The lowest BCUT2D eigenvalue weighted by molar-refractivity contribution is -0.126. The van der Waals surface area contributed by atoms with Crippen molar-refractivity contribution in [2.75, 3.05) is 25.1 Å². The molecule has 2 aromatic heterocycles. The Morgan fingerprint density at radius 1 is 1.26 bits per heavy atom. The van der Waals surface area contributed by atoms with Crippen LogP contribution in [-0.4, -0.2) is 51.0 Å². The van der Waals surface area contributed by atoms with Gasteiger partial charge in [-0.3, -0.25) is 0 Å². The molecule has 8 heteroatoms. The van der Waals surface area contributed by atoms with Gasteiger partial charge >= 0.3 is 0 Å². The van der Waals surface area contributed by atoms with Gasteiger partial charge in [-0.05, 0) is 13.8 Å². The van der Waals surface area contributed by atoms with E-state index in [-0.39, 0.29) is 6.29 Å². The fourth-order valence-corrected chi connectivity index (χ4v) is 1.70. The molecule has 2 heterocycles. The second kappa shape index (κ2) is 6.39. The normalized spacial score (nSPS) is 11.4. The van der Waals surface area contributed by atoms with Crippen LogP contribution in [0.5, 0.6) is 0 Å². The molecule has 1 N–H and O–H groups in total. The van der Waals surface area contributed by atoms with Crippen LogP contribution in [0.4, 0.5) is 5.82 Å². The second-order valence-electron chi connectivity index (χ2n) is 3.83. The van der Waals surface area contributed by atoms with Crippen LogP contribution in [0.25, 0.3) is 11.2 Å². The Morgan fingerprint density at radius 3 is 2.68 bits per heavy atom. The van der Waals surface area contributed by atoms with Crippen molar-refractivity contribution >= 4 is 17.0 Å². The summed E-state index contributed by atoms with van der Waals surface area (Å²) in [7, 11) is 1.79. The van der Waals surface area contributed by atoms with Gasteiger partial charge in [0.1, 0.15) is 6.33 Å². The quantitative estimate of drug-likeness (QED) is 0.733. The molecule has 0 aliphatic rings. The number of hydrogen-bond acceptors (Lipinski definition) is 7. The highest BCUT2D eigenvalue weighted by Gasteiger charge is 2.12. The van der Waals surface area contributed by atoms with E-state index in [9.17, 15) is 0 Å². The lowest BCUT2D eigenvalue weighted by Gasteiger charge is -2.17. The molecule has 0 fully saturated rings. The van der Waals surface area contributed by atoms with Crippen LogP contribution in [0.15, 0.2) is 6.33 Å². The van der Waals surface area contributed by atoms with Crippen LogP contribution in [0, 0.1) is 0 Å². The molecule has 0 bridgehead atoms. The van der Waals surface area contributed by atoms with Crippen LogP contribution in [0.1, 0.15) is 13.8 Å². The summed E-state index contributed by atoms with van der Waals surface area (Å²) < 4.78 is 12.5. The molecular weight excluding hydrogens is 248 g/mol. The third kappa shape index (κ3) is 3.15. The average molecular weight is 266 g/mol. The van der Waals surface area contributed by atoms with Crippen molar-refractivity contribution in [3.05, 3.63) is 6.33 Å². The summed E-state index contributed by atoms with van der Waals surface area (Å²) in [5.74, 6) is 0.627. The van der Waals surface area contributed by atoms with Gasteiger partial charge in [-0.25, -0.2) is 14.6 Å². The fraction of sp³-hybridized carbons (Fsp3) is 0.636. The molecule has 2 aromatic rings. The van der Waals surface area contributed by atoms with Gasteiger partial charge in [0.2, 0.25) is 0 Å². The Kier molecular flexibility index (Phi) is 4.58. The third-order valence-corrected chi connectivity index (χ3v) is 2.53. The van der Waals surface area contributed by atoms with E-state index in [1.54, 1.807) is 11.7 Å². The van der Waals surface area contributed by atoms with Crippen molar-refractivity contribution < 1.29 is 9.47 Å². The van der Waals surface area contributed by atoms with Gasteiger partial charge in [0.05, 0.1) is 6.54 Å². The van der Waals surface area contributed by atoms with Crippen LogP contribution in [-0.2, 0) is 16.5 Å². The maximum Gasteiger partial charge on any atom is 0.183 e. The van der Waals surface area contributed by atoms with E-state index in [1.165, 1.54) is 6.33 Å². The zero-order valence-electron chi connectivity index (χ0n) is 11.3. The van der Waals surface area contributed by atoms with E-state index >= 15 is 0 Å². The van der Waals surface area contributed by atoms with Crippen LogP contribution in [0.2, 0.25) is 0 Å². The zero-order chi connectivity index (χ0) is 13.7. The number of aryl methyl sites for hydroxylation is 1. The van der Waals surface area contributed by atoms with Gasteiger partial charge in [-0.1, -0.05) is 5.21 Å². The number of rotatable bonds is 7. The standard InChI is InChI=1S/C11H18N6O2/c1-4-18-8(19-5-2)6-12-10-9-11(14-7-13-10)17(3)16-15-9/h7-8H,4-6H2,1-3H3,(H,12,13,14). The first-order chi connectivity index (χ1) is 9.26. The van der Waals surface area contributed by atoms with Gasteiger partial charge in [0, 0.05) is 20.3 Å².